The molecule has 0 heterocycles. The standard InChI is InChI=1S/C29H35N3O5S/c1-5-27(29(34)30-6-2)31(20-23-11-8-7-9-12-23)28(33)21-32(24-13-10-14-25(19-24)37-4)38(35,36)26-17-15-22(3)16-18-26/h7-19,27H,5-6,20-21H2,1-4H3,(H,30,34). The van der Waals surface area contributed by atoms with Crippen LogP contribution in [0.5, 0.6) is 5.75 Å². The lowest BCUT2D eigenvalue weighted by atomic mass is 10.1. The first kappa shape index (κ1) is 28.7. The molecule has 0 bridgehead atoms. The third-order valence-corrected chi connectivity index (χ3v) is 7.95. The molecule has 0 aliphatic heterocycles. The van der Waals surface area contributed by atoms with Gasteiger partial charge in [-0.05, 0) is 50.1 Å². The van der Waals surface area contributed by atoms with Crippen LogP contribution in [0.15, 0.2) is 83.8 Å². The molecule has 202 valence electrons. The molecule has 0 aliphatic rings. The molecular formula is C29H35N3O5S. The second-order valence-electron chi connectivity index (χ2n) is 8.85. The van der Waals surface area contributed by atoms with Crippen molar-refractivity contribution in [3.8, 4) is 5.75 Å². The molecule has 0 aliphatic carbocycles. The first-order chi connectivity index (χ1) is 18.2. The molecular weight excluding hydrogens is 502 g/mol. The van der Waals surface area contributed by atoms with Crippen LogP contribution in [0.1, 0.15) is 31.4 Å². The topological polar surface area (TPSA) is 96.0 Å². The summed E-state index contributed by atoms with van der Waals surface area (Å²) in [4.78, 5) is 28.4. The van der Waals surface area contributed by atoms with Crippen molar-refractivity contribution in [1.29, 1.82) is 0 Å². The van der Waals surface area contributed by atoms with Crippen molar-refractivity contribution in [2.45, 2.75) is 44.7 Å². The van der Waals surface area contributed by atoms with Gasteiger partial charge < -0.3 is 15.0 Å². The van der Waals surface area contributed by atoms with Gasteiger partial charge in [-0.3, -0.25) is 13.9 Å². The number of nitrogens with zero attached hydrogens (tertiary/aromatic N) is 2. The summed E-state index contributed by atoms with van der Waals surface area (Å²) >= 11 is 0. The average Bonchev–Trinajstić information content (AvgIpc) is 2.92. The van der Waals surface area contributed by atoms with Gasteiger partial charge >= 0.3 is 0 Å². The smallest absolute Gasteiger partial charge is 0.264 e. The van der Waals surface area contributed by atoms with Crippen LogP contribution in [0.25, 0.3) is 0 Å². The van der Waals surface area contributed by atoms with Gasteiger partial charge in [0.25, 0.3) is 10.0 Å². The van der Waals surface area contributed by atoms with Crippen LogP contribution in [0.3, 0.4) is 0 Å². The van der Waals surface area contributed by atoms with E-state index in [1.165, 1.54) is 24.1 Å². The number of likely N-dealkylation sites (N-methyl/N-ethyl adjacent to an activating group) is 1. The van der Waals surface area contributed by atoms with Gasteiger partial charge in [0.2, 0.25) is 11.8 Å². The van der Waals surface area contributed by atoms with E-state index >= 15 is 0 Å². The molecule has 2 amide bonds. The number of anilines is 1. The zero-order chi connectivity index (χ0) is 27.7. The average molecular weight is 538 g/mol. The minimum absolute atomic E-state index is 0.0593. The van der Waals surface area contributed by atoms with E-state index in [2.05, 4.69) is 5.32 Å². The molecule has 0 saturated heterocycles. The lowest BCUT2D eigenvalue weighted by molar-refractivity contribution is -0.140. The fourth-order valence-corrected chi connectivity index (χ4v) is 5.53. The van der Waals surface area contributed by atoms with E-state index in [4.69, 9.17) is 4.74 Å². The molecule has 38 heavy (non-hydrogen) atoms. The van der Waals surface area contributed by atoms with Crippen LogP contribution in [-0.4, -0.2) is 51.4 Å². The maximum absolute atomic E-state index is 13.9. The number of sulfonamides is 1. The summed E-state index contributed by atoms with van der Waals surface area (Å²) in [6.45, 7) is 5.59. The Bertz CT molecular complexity index is 1330. The van der Waals surface area contributed by atoms with E-state index in [1.807, 2.05) is 51.1 Å². The highest BCUT2D eigenvalue weighted by Gasteiger charge is 2.33. The van der Waals surface area contributed by atoms with E-state index in [9.17, 15) is 18.0 Å². The Morgan fingerprint density at radius 1 is 0.947 bits per heavy atom. The molecule has 0 spiro atoms. The molecule has 0 fully saturated rings. The third kappa shape index (κ3) is 6.92. The highest BCUT2D eigenvalue weighted by atomic mass is 32.2. The second kappa shape index (κ2) is 13.1. The number of carbonyl (C=O) groups is 2. The molecule has 1 atom stereocenters. The quantitative estimate of drug-likeness (QED) is 0.375. The maximum Gasteiger partial charge on any atom is 0.264 e. The predicted octanol–water partition coefficient (Wildman–Crippen LogP) is 4.14. The van der Waals surface area contributed by atoms with Crippen molar-refractivity contribution in [2.75, 3.05) is 24.5 Å². The minimum Gasteiger partial charge on any atom is -0.497 e. The van der Waals surface area contributed by atoms with Gasteiger partial charge in [0.15, 0.2) is 0 Å². The number of carbonyl (C=O) groups excluding carboxylic acids is 2. The number of ether oxygens (including phenoxy) is 1. The number of methoxy groups -OCH3 is 1. The van der Waals surface area contributed by atoms with Crippen LogP contribution in [0.4, 0.5) is 5.69 Å². The summed E-state index contributed by atoms with van der Waals surface area (Å²) in [5, 5.41) is 2.80. The fraction of sp³-hybridized carbons (Fsp3) is 0.310. The van der Waals surface area contributed by atoms with E-state index in [0.717, 1.165) is 15.4 Å². The molecule has 0 aromatic heterocycles. The van der Waals surface area contributed by atoms with Gasteiger partial charge in [0.05, 0.1) is 17.7 Å². The summed E-state index contributed by atoms with van der Waals surface area (Å²) in [5.41, 5.74) is 2.02. The summed E-state index contributed by atoms with van der Waals surface area (Å²) in [7, 11) is -2.64. The Morgan fingerprint density at radius 2 is 1.63 bits per heavy atom. The fourth-order valence-electron chi connectivity index (χ4n) is 4.12. The van der Waals surface area contributed by atoms with Gasteiger partial charge in [-0.2, -0.15) is 0 Å². The van der Waals surface area contributed by atoms with Crippen LogP contribution in [-0.2, 0) is 26.2 Å². The van der Waals surface area contributed by atoms with E-state index in [0.29, 0.717) is 18.7 Å². The van der Waals surface area contributed by atoms with Gasteiger partial charge in [-0.25, -0.2) is 8.42 Å². The van der Waals surface area contributed by atoms with Gasteiger partial charge in [0, 0.05) is 19.2 Å². The lowest BCUT2D eigenvalue weighted by Gasteiger charge is -2.33. The summed E-state index contributed by atoms with van der Waals surface area (Å²) in [6.07, 6.45) is 0.369. The van der Waals surface area contributed by atoms with Crippen molar-refractivity contribution in [2.24, 2.45) is 0 Å². The van der Waals surface area contributed by atoms with Crippen LogP contribution in [0.2, 0.25) is 0 Å². The summed E-state index contributed by atoms with van der Waals surface area (Å²) in [5.74, 6) is -0.326. The first-order valence-corrected chi connectivity index (χ1v) is 14.0. The van der Waals surface area contributed by atoms with Crippen LogP contribution in [0, 0.1) is 6.92 Å². The van der Waals surface area contributed by atoms with Gasteiger partial charge in [-0.15, -0.1) is 0 Å². The molecule has 1 N–H and O–H groups in total. The van der Waals surface area contributed by atoms with Gasteiger partial charge in [-0.1, -0.05) is 61.0 Å². The second-order valence-corrected chi connectivity index (χ2v) is 10.7. The third-order valence-electron chi connectivity index (χ3n) is 6.16. The maximum atomic E-state index is 13.9. The molecule has 0 saturated carbocycles. The molecule has 3 aromatic carbocycles. The Kier molecular flexibility index (Phi) is 9.90. The van der Waals surface area contributed by atoms with Crippen LogP contribution < -0.4 is 14.4 Å². The zero-order valence-electron chi connectivity index (χ0n) is 22.3. The van der Waals surface area contributed by atoms with Crippen LogP contribution >= 0.6 is 0 Å². The SMILES string of the molecule is CCNC(=O)C(CC)N(Cc1ccccc1)C(=O)CN(c1cccc(OC)c1)S(=O)(=O)c1ccc(C)cc1. The molecule has 8 nitrogen and oxygen atoms in total. The van der Waals surface area contributed by atoms with E-state index in [-0.39, 0.29) is 23.0 Å². The van der Waals surface area contributed by atoms with Crippen molar-refractivity contribution >= 4 is 27.5 Å². The van der Waals surface area contributed by atoms with Crippen molar-refractivity contribution in [3.05, 3.63) is 90.0 Å². The predicted molar refractivity (Wildman–Crippen MR) is 148 cm³/mol. The van der Waals surface area contributed by atoms with Crippen molar-refractivity contribution in [1.82, 2.24) is 10.2 Å². The Morgan fingerprint density at radius 3 is 2.24 bits per heavy atom. The summed E-state index contributed by atoms with van der Waals surface area (Å²) < 4.78 is 34.1. The monoisotopic (exact) mass is 537 g/mol. The molecule has 3 rings (SSSR count). The Hall–Kier alpha value is -3.85. The summed E-state index contributed by atoms with van der Waals surface area (Å²) in [6, 6.07) is 21.6. The van der Waals surface area contributed by atoms with E-state index in [1.54, 1.807) is 36.4 Å². The lowest BCUT2D eigenvalue weighted by Crippen LogP contribution is -2.52. The Labute approximate surface area is 225 Å². The number of hydrogen-bond donors (Lipinski definition) is 1. The first-order valence-electron chi connectivity index (χ1n) is 12.6. The number of benzene rings is 3. The number of rotatable bonds is 12. The van der Waals surface area contributed by atoms with Crippen molar-refractivity contribution in [3.63, 3.8) is 0 Å². The molecule has 1 unspecified atom stereocenters. The normalized spacial score (nSPS) is 11.9. The number of aryl methyl sites for hydroxylation is 1. The van der Waals surface area contributed by atoms with Gasteiger partial charge in [0.1, 0.15) is 18.3 Å². The van der Waals surface area contributed by atoms with Crippen molar-refractivity contribution < 1.29 is 22.7 Å². The molecule has 9 heteroatoms. The number of hydrogen-bond acceptors (Lipinski definition) is 5. The zero-order valence-corrected chi connectivity index (χ0v) is 23.1. The Balaban J connectivity index is 2.06. The van der Waals surface area contributed by atoms with E-state index < -0.39 is 28.5 Å². The number of amides is 2. The highest BCUT2D eigenvalue weighted by molar-refractivity contribution is 7.92. The molecule has 3 aromatic rings. The number of nitrogens with one attached hydrogen (secondary N) is 1. The highest BCUT2D eigenvalue weighted by Crippen LogP contribution is 2.28. The largest absolute Gasteiger partial charge is 0.497 e. The molecule has 0 radical (unpaired) electrons. The minimum atomic E-state index is -4.13.